The average molecular weight is 339 g/mol. The summed E-state index contributed by atoms with van der Waals surface area (Å²) >= 11 is 0. The van der Waals surface area contributed by atoms with Gasteiger partial charge in [0.1, 0.15) is 12.4 Å². The van der Waals surface area contributed by atoms with Gasteiger partial charge in [0, 0.05) is 17.7 Å². The molecule has 1 heterocycles. The van der Waals surface area contributed by atoms with Gasteiger partial charge in [0.15, 0.2) is 5.78 Å². The van der Waals surface area contributed by atoms with Crippen LogP contribution in [0.25, 0.3) is 0 Å². The Kier molecular flexibility index (Phi) is 5.46. The number of ketones is 1. The lowest BCUT2D eigenvalue weighted by Gasteiger charge is -2.12. The number of nitrogens with one attached hydrogen (secondary N) is 1. The zero-order valence-electron chi connectivity index (χ0n) is 14.2. The lowest BCUT2D eigenvalue weighted by molar-refractivity contribution is 0.0679. The second-order valence-electron chi connectivity index (χ2n) is 6.03. The molecule has 0 bridgehead atoms. The van der Waals surface area contributed by atoms with Gasteiger partial charge in [-0.15, -0.1) is 0 Å². The number of amides is 1. The molecule has 1 atom stereocenters. The molecule has 5 heteroatoms. The maximum absolute atomic E-state index is 12.4. The SMILES string of the molecule is CC(=O)c1ccccc1NC(=O)c1ccc(OC[C@H]2CCCO2)cc1. The second kappa shape index (κ2) is 7.94. The molecule has 2 aromatic rings. The largest absolute Gasteiger partial charge is 0.491 e. The van der Waals surface area contributed by atoms with Crippen LogP contribution in [0.15, 0.2) is 48.5 Å². The van der Waals surface area contributed by atoms with Crippen LogP contribution in [0.5, 0.6) is 5.75 Å². The summed E-state index contributed by atoms with van der Waals surface area (Å²) < 4.78 is 11.2. The molecule has 1 amide bonds. The van der Waals surface area contributed by atoms with Crippen LogP contribution in [0.2, 0.25) is 0 Å². The number of benzene rings is 2. The Balaban J connectivity index is 1.62. The predicted octanol–water partition coefficient (Wildman–Crippen LogP) is 3.70. The monoisotopic (exact) mass is 339 g/mol. The van der Waals surface area contributed by atoms with Crippen LogP contribution in [0.4, 0.5) is 5.69 Å². The van der Waals surface area contributed by atoms with Gasteiger partial charge in [0.2, 0.25) is 0 Å². The molecule has 1 fully saturated rings. The zero-order valence-corrected chi connectivity index (χ0v) is 14.2. The second-order valence-corrected chi connectivity index (χ2v) is 6.03. The number of hydrogen-bond donors (Lipinski definition) is 1. The number of carbonyl (C=O) groups excluding carboxylic acids is 2. The van der Waals surface area contributed by atoms with Gasteiger partial charge in [-0.25, -0.2) is 0 Å². The molecule has 2 aromatic carbocycles. The van der Waals surface area contributed by atoms with E-state index >= 15 is 0 Å². The number of ether oxygens (including phenoxy) is 2. The van der Waals surface area contributed by atoms with Crippen LogP contribution in [0, 0.1) is 0 Å². The van der Waals surface area contributed by atoms with Crippen LogP contribution in [0.1, 0.15) is 40.5 Å². The molecule has 0 spiro atoms. The van der Waals surface area contributed by atoms with E-state index in [0.29, 0.717) is 29.2 Å². The highest BCUT2D eigenvalue weighted by Gasteiger charge is 2.16. The minimum Gasteiger partial charge on any atom is -0.491 e. The first kappa shape index (κ1) is 17.2. The molecule has 0 aliphatic carbocycles. The summed E-state index contributed by atoms with van der Waals surface area (Å²) in [6.45, 7) is 2.80. The maximum atomic E-state index is 12.4. The minimum absolute atomic E-state index is 0.0891. The van der Waals surface area contributed by atoms with Crippen molar-refractivity contribution in [2.75, 3.05) is 18.5 Å². The van der Waals surface area contributed by atoms with Gasteiger partial charge in [-0.2, -0.15) is 0 Å². The first-order valence-electron chi connectivity index (χ1n) is 8.39. The van der Waals surface area contributed by atoms with Gasteiger partial charge >= 0.3 is 0 Å². The van der Waals surface area contributed by atoms with Crippen LogP contribution in [0.3, 0.4) is 0 Å². The molecule has 0 aromatic heterocycles. The molecular formula is C20H21NO4. The Morgan fingerprint density at radius 2 is 1.92 bits per heavy atom. The van der Waals surface area contributed by atoms with Crippen molar-refractivity contribution < 1.29 is 19.1 Å². The molecular weight excluding hydrogens is 318 g/mol. The molecule has 130 valence electrons. The number of anilines is 1. The molecule has 1 N–H and O–H groups in total. The molecule has 0 radical (unpaired) electrons. The molecule has 0 unspecified atom stereocenters. The highest BCUT2D eigenvalue weighted by atomic mass is 16.5. The summed E-state index contributed by atoms with van der Waals surface area (Å²) in [5.41, 5.74) is 1.51. The molecule has 1 aliphatic rings. The van der Waals surface area contributed by atoms with Crippen molar-refractivity contribution in [3.63, 3.8) is 0 Å². The topological polar surface area (TPSA) is 64.6 Å². The van der Waals surface area contributed by atoms with Crippen molar-refractivity contribution in [3.8, 4) is 5.75 Å². The van der Waals surface area contributed by atoms with Crippen molar-refractivity contribution >= 4 is 17.4 Å². The predicted molar refractivity (Wildman–Crippen MR) is 95.3 cm³/mol. The van der Waals surface area contributed by atoms with Crippen molar-refractivity contribution in [1.82, 2.24) is 0 Å². The fraction of sp³-hybridized carbons (Fsp3) is 0.300. The van der Waals surface area contributed by atoms with Crippen LogP contribution in [-0.4, -0.2) is 31.0 Å². The Bertz CT molecular complexity index is 749. The van der Waals surface area contributed by atoms with E-state index in [-0.39, 0.29) is 17.8 Å². The third-order valence-electron chi connectivity index (χ3n) is 4.13. The average Bonchev–Trinajstić information content (AvgIpc) is 3.14. The van der Waals surface area contributed by atoms with Gasteiger partial charge in [0.05, 0.1) is 11.8 Å². The van der Waals surface area contributed by atoms with Crippen LogP contribution in [-0.2, 0) is 4.74 Å². The van der Waals surface area contributed by atoms with E-state index in [1.165, 1.54) is 6.92 Å². The lowest BCUT2D eigenvalue weighted by Crippen LogP contribution is -2.16. The first-order chi connectivity index (χ1) is 12.1. The number of rotatable bonds is 6. The molecule has 1 aliphatic heterocycles. The Labute approximate surface area is 147 Å². The van der Waals surface area contributed by atoms with E-state index in [4.69, 9.17) is 9.47 Å². The van der Waals surface area contributed by atoms with E-state index in [9.17, 15) is 9.59 Å². The zero-order chi connectivity index (χ0) is 17.6. The molecule has 0 saturated carbocycles. The quantitative estimate of drug-likeness (QED) is 0.815. The van der Waals surface area contributed by atoms with Gasteiger partial charge in [-0.05, 0) is 56.2 Å². The summed E-state index contributed by atoms with van der Waals surface area (Å²) in [5.74, 6) is 0.351. The third kappa shape index (κ3) is 4.45. The van der Waals surface area contributed by atoms with E-state index in [1.54, 1.807) is 48.5 Å². The summed E-state index contributed by atoms with van der Waals surface area (Å²) in [5, 5.41) is 2.78. The minimum atomic E-state index is -0.264. The number of para-hydroxylation sites is 1. The number of carbonyl (C=O) groups is 2. The Hall–Kier alpha value is -2.66. The van der Waals surface area contributed by atoms with Gasteiger partial charge < -0.3 is 14.8 Å². The fourth-order valence-corrected chi connectivity index (χ4v) is 2.76. The molecule has 5 nitrogen and oxygen atoms in total. The van der Waals surface area contributed by atoms with Crippen molar-refractivity contribution in [2.45, 2.75) is 25.9 Å². The highest BCUT2D eigenvalue weighted by molar-refractivity contribution is 6.09. The van der Waals surface area contributed by atoms with Gasteiger partial charge in [-0.1, -0.05) is 12.1 Å². The van der Waals surface area contributed by atoms with Gasteiger partial charge in [0.25, 0.3) is 5.91 Å². The van der Waals surface area contributed by atoms with E-state index < -0.39 is 0 Å². The van der Waals surface area contributed by atoms with Crippen molar-refractivity contribution in [2.24, 2.45) is 0 Å². The van der Waals surface area contributed by atoms with E-state index in [1.807, 2.05) is 0 Å². The first-order valence-corrected chi connectivity index (χ1v) is 8.39. The van der Waals surface area contributed by atoms with E-state index in [2.05, 4.69) is 5.32 Å². The molecule has 1 saturated heterocycles. The standard InChI is InChI=1S/C20H21NO4/c1-14(22)18-6-2-3-7-19(18)21-20(23)15-8-10-16(11-9-15)25-13-17-5-4-12-24-17/h2-3,6-11,17H,4-5,12-13H2,1H3,(H,21,23)/t17-/m1/s1. The summed E-state index contributed by atoms with van der Waals surface area (Å²) in [6, 6.07) is 13.9. The van der Waals surface area contributed by atoms with Crippen LogP contribution >= 0.6 is 0 Å². The number of Topliss-reactive ketones (excluding diaryl/α,β-unsaturated/α-hetero) is 1. The Morgan fingerprint density at radius 1 is 1.16 bits per heavy atom. The Morgan fingerprint density at radius 3 is 2.60 bits per heavy atom. The van der Waals surface area contributed by atoms with Gasteiger partial charge in [-0.3, -0.25) is 9.59 Å². The molecule has 3 rings (SSSR count). The summed E-state index contributed by atoms with van der Waals surface area (Å²) in [6.07, 6.45) is 2.26. The van der Waals surface area contributed by atoms with Crippen LogP contribution < -0.4 is 10.1 Å². The fourth-order valence-electron chi connectivity index (χ4n) is 2.76. The molecule has 25 heavy (non-hydrogen) atoms. The smallest absolute Gasteiger partial charge is 0.255 e. The van der Waals surface area contributed by atoms with E-state index in [0.717, 1.165) is 19.4 Å². The highest BCUT2D eigenvalue weighted by Crippen LogP contribution is 2.19. The van der Waals surface area contributed by atoms with Crippen molar-refractivity contribution in [3.05, 3.63) is 59.7 Å². The number of hydrogen-bond acceptors (Lipinski definition) is 4. The lowest BCUT2D eigenvalue weighted by atomic mass is 10.1. The normalized spacial score (nSPS) is 16.4. The maximum Gasteiger partial charge on any atom is 0.255 e. The van der Waals surface area contributed by atoms with Crippen molar-refractivity contribution in [1.29, 1.82) is 0 Å². The summed E-state index contributed by atoms with van der Waals surface area (Å²) in [4.78, 5) is 24.0. The summed E-state index contributed by atoms with van der Waals surface area (Å²) in [7, 11) is 0. The third-order valence-corrected chi connectivity index (χ3v) is 4.13.